The Morgan fingerprint density at radius 3 is 2.86 bits per heavy atom. The molecular formula is C21H22N2O3S2. The summed E-state index contributed by atoms with van der Waals surface area (Å²) >= 11 is 2.97. The minimum atomic E-state index is -0.377. The van der Waals surface area contributed by atoms with Crippen molar-refractivity contribution in [1.82, 2.24) is 4.57 Å². The second kappa shape index (κ2) is 9.61. The first-order valence-corrected chi connectivity index (χ1v) is 10.8. The maximum Gasteiger partial charge on any atom is 0.325 e. The number of benzene rings is 1. The van der Waals surface area contributed by atoms with Crippen LogP contribution < -0.4 is 4.80 Å². The topological polar surface area (TPSA) is 60.7 Å². The van der Waals surface area contributed by atoms with E-state index >= 15 is 0 Å². The molecule has 0 aliphatic rings. The second-order valence-electron chi connectivity index (χ2n) is 6.25. The van der Waals surface area contributed by atoms with E-state index in [1.165, 1.54) is 30.1 Å². The van der Waals surface area contributed by atoms with Crippen molar-refractivity contribution in [3.8, 4) is 0 Å². The SMILES string of the molecule is CCCCc1ccc2c(c1)sc(=NC(=O)C=Cc1cccs1)n2CC(=O)OC. The number of esters is 1. The summed E-state index contributed by atoms with van der Waals surface area (Å²) < 4.78 is 7.56. The normalized spacial score (nSPS) is 12.1. The summed E-state index contributed by atoms with van der Waals surface area (Å²) in [5.74, 6) is -0.734. The third-order valence-corrected chi connectivity index (χ3v) is 6.10. The molecule has 0 unspecified atom stereocenters. The van der Waals surface area contributed by atoms with Gasteiger partial charge in [0.25, 0.3) is 5.91 Å². The van der Waals surface area contributed by atoms with Crippen LogP contribution in [0.25, 0.3) is 16.3 Å². The van der Waals surface area contributed by atoms with Gasteiger partial charge < -0.3 is 9.30 Å². The highest BCUT2D eigenvalue weighted by Gasteiger charge is 2.12. The Morgan fingerprint density at radius 1 is 1.29 bits per heavy atom. The molecule has 1 amide bonds. The van der Waals surface area contributed by atoms with Gasteiger partial charge in [-0.2, -0.15) is 4.99 Å². The van der Waals surface area contributed by atoms with Crippen LogP contribution in [0.5, 0.6) is 0 Å². The molecule has 0 radical (unpaired) electrons. The molecule has 2 aromatic heterocycles. The fraction of sp³-hybridized carbons (Fsp3) is 0.286. The molecule has 1 aromatic carbocycles. The van der Waals surface area contributed by atoms with Crippen LogP contribution >= 0.6 is 22.7 Å². The van der Waals surface area contributed by atoms with E-state index in [2.05, 4.69) is 24.0 Å². The van der Waals surface area contributed by atoms with E-state index in [0.29, 0.717) is 4.80 Å². The van der Waals surface area contributed by atoms with Crippen LogP contribution in [0, 0.1) is 0 Å². The Kier molecular flexibility index (Phi) is 6.95. The number of amides is 1. The lowest BCUT2D eigenvalue weighted by atomic mass is 10.1. The maximum atomic E-state index is 12.3. The summed E-state index contributed by atoms with van der Waals surface area (Å²) in [6.07, 6.45) is 6.47. The summed E-state index contributed by atoms with van der Waals surface area (Å²) in [5, 5.41) is 1.95. The average Bonchev–Trinajstić information content (AvgIpc) is 3.32. The molecule has 28 heavy (non-hydrogen) atoms. The molecule has 146 valence electrons. The van der Waals surface area contributed by atoms with E-state index in [4.69, 9.17) is 4.74 Å². The lowest BCUT2D eigenvalue weighted by molar-refractivity contribution is -0.141. The number of thiophene rings is 1. The molecular weight excluding hydrogens is 392 g/mol. The summed E-state index contributed by atoms with van der Waals surface area (Å²) in [6.45, 7) is 2.19. The molecule has 3 aromatic rings. The predicted molar refractivity (Wildman–Crippen MR) is 114 cm³/mol. The van der Waals surface area contributed by atoms with E-state index in [1.54, 1.807) is 22.0 Å². The van der Waals surface area contributed by atoms with Crippen molar-refractivity contribution in [2.75, 3.05) is 7.11 Å². The molecule has 0 bridgehead atoms. The first kappa shape index (κ1) is 20.2. The standard InChI is InChI=1S/C21H22N2O3S2/c1-3-4-6-15-8-10-17-18(13-15)28-21(23(17)14-20(25)26-2)22-19(24)11-9-16-7-5-12-27-16/h5,7-13H,3-4,6,14H2,1-2H3. The highest BCUT2D eigenvalue weighted by atomic mass is 32.1. The zero-order valence-corrected chi connectivity index (χ0v) is 17.5. The minimum absolute atomic E-state index is 0.0194. The van der Waals surface area contributed by atoms with Gasteiger partial charge in [0.15, 0.2) is 4.80 Å². The summed E-state index contributed by atoms with van der Waals surface area (Å²) in [4.78, 5) is 29.9. The number of carbonyl (C=O) groups excluding carboxylic acids is 2. The van der Waals surface area contributed by atoms with E-state index < -0.39 is 0 Å². The van der Waals surface area contributed by atoms with Gasteiger partial charge in [0.05, 0.1) is 17.3 Å². The second-order valence-corrected chi connectivity index (χ2v) is 8.24. The first-order valence-electron chi connectivity index (χ1n) is 9.10. The lowest BCUT2D eigenvalue weighted by Crippen LogP contribution is -2.22. The van der Waals surface area contributed by atoms with Crippen molar-refractivity contribution in [1.29, 1.82) is 0 Å². The van der Waals surface area contributed by atoms with Crippen molar-refractivity contribution >= 4 is 50.8 Å². The van der Waals surface area contributed by atoms with E-state index in [0.717, 1.165) is 34.4 Å². The Labute approximate surface area is 171 Å². The lowest BCUT2D eigenvalue weighted by Gasteiger charge is -2.04. The molecule has 0 aliphatic heterocycles. The molecule has 0 aliphatic carbocycles. The summed E-state index contributed by atoms with van der Waals surface area (Å²) in [6, 6.07) is 10.0. The van der Waals surface area contributed by atoms with Crippen molar-refractivity contribution in [3.05, 3.63) is 57.0 Å². The van der Waals surface area contributed by atoms with Gasteiger partial charge in [0.1, 0.15) is 6.54 Å². The number of rotatable bonds is 7. The Balaban J connectivity index is 1.99. The highest BCUT2D eigenvalue weighted by molar-refractivity contribution is 7.16. The Bertz CT molecular complexity index is 1060. The minimum Gasteiger partial charge on any atom is -0.468 e. The Hall–Kier alpha value is -2.51. The fourth-order valence-electron chi connectivity index (χ4n) is 2.76. The molecule has 0 fully saturated rings. The molecule has 0 saturated heterocycles. The fourth-order valence-corrected chi connectivity index (χ4v) is 4.47. The first-order chi connectivity index (χ1) is 13.6. The van der Waals surface area contributed by atoms with Gasteiger partial charge in [-0.05, 0) is 48.1 Å². The van der Waals surface area contributed by atoms with E-state index in [1.807, 2.05) is 23.6 Å². The van der Waals surface area contributed by atoms with Gasteiger partial charge in [-0.3, -0.25) is 9.59 Å². The third kappa shape index (κ3) is 5.05. The van der Waals surface area contributed by atoms with Gasteiger partial charge in [-0.25, -0.2) is 0 Å². The predicted octanol–water partition coefficient (Wildman–Crippen LogP) is 4.42. The van der Waals surface area contributed by atoms with Crippen LogP contribution in [0.2, 0.25) is 0 Å². The molecule has 2 heterocycles. The number of nitrogens with zero attached hydrogens (tertiary/aromatic N) is 2. The number of thiazole rings is 1. The molecule has 0 atom stereocenters. The quantitative estimate of drug-likeness (QED) is 0.425. The molecule has 0 spiro atoms. The van der Waals surface area contributed by atoms with Gasteiger partial charge in [0.2, 0.25) is 0 Å². The number of carbonyl (C=O) groups is 2. The number of ether oxygens (including phenoxy) is 1. The average molecular weight is 415 g/mol. The Morgan fingerprint density at radius 2 is 2.14 bits per heavy atom. The van der Waals surface area contributed by atoms with Gasteiger partial charge in [0, 0.05) is 11.0 Å². The van der Waals surface area contributed by atoms with Crippen LogP contribution in [0.15, 0.2) is 46.8 Å². The zero-order valence-electron chi connectivity index (χ0n) is 15.9. The zero-order chi connectivity index (χ0) is 19.9. The van der Waals surface area contributed by atoms with Gasteiger partial charge >= 0.3 is 5.97 Å². The number of methoxy groups -OCH3 is 1. The summed E-state index contributed by atoms with van der Waals surface area (Å²) in [5.41, 5.74) is 2.13. The van der Waals surface area contributed by atoms with Crippen LogP contribution in [0.3, 0.4) is 0 Å². The molecule has 0 saturated carbocycles. The van der Waals surface area contributed by atoms with Crippen LogP contribution in [0.4, 0.5) is 0 Å². The van der Waals surface area contributed by atoms with Crippen LogP contribution in [-0.2, 0) is 27.3 Å². The number of hydrogen-bond acceptors (Lipinski definition) is 5. The van der Waals surface area contributed by atoms with Crippen molar-refractivity contribution in [2.24, 2.45) is 4.99 Å². The monoisotopic (exact) mass is 414 g/mol. The smallest absolute Gasteiger partial charge is 0.325 e. The third-order valence-electron chi connectivity index (χ3n) is 4.22. The molecule has 5 nitrogen and oxygen atoms in total. The summed E-state index contributed by atoms with van der Waals surface area (Å²) in [7, 11) is 1.35. The van der Waals surface area contributed by atoms with Crippen molar-refractivity contribution < 1.29 is 14.3 Å². The maximum absolute atomic E-state index is 12.3. The number of aromatic nitrogens is 1. The largest absolute Gasteiger partial charge is 0.468 e. The molecule has 0 N–H and O–H groups in total. The van der Waals surface area contributed by atoms with Gasteiger partial charge in [-0.15, -0.1) is 11.3 Å². The molecule has 3 rings (SSSR count). The van der Waals surface area contributed by atoms with Crippen molar-refractivity contribution in [2.45, 2.75) is 32.7 Å². The van der Waals surface area contributed by atoms with Crippen LogP contribution in [-0.4, -0.2) is 23.6 Å². The van der Waals surface area contributed by atoms with Crippen LogP contribution in [0.1, 0.15) is 30.2 Å². The van der Waals surface area contributed by atoms with E-state index in [-0.39, 0.29) is 18.4 Å². The van der Waals surface area contributed by atoms with Gasteiger partial charge in [-0.1, -0.05) is 36.8 Å². The highest BCUT2D eigenvalue weighted by Crippen LogP contribution is 2.20. The number of aryl methyl sites for hydroxylation is 1. The molecule has 7 heteroatoms. The van der Waals surface area contributed by atoms with E-state index in [9.17, 15) is 9.59 Å². The van der Waals surface area contributed by atoms with Crippen molar-refractivity contribution in [3.63, 3.8) is 0 Å². The number of hydrogen-bond donors (Lipinski definition) is 0. The number of unbranched alkanes of at least 4 members (excludes halogenated alkanes) is 1. The number of fused-ring (bicyclic) bond motifs is 1.